The first-order valence-electron chi connectivity index (χ1n) is 7.32. The van der Waals surface area contributed by atoms with Gasteiger partial charge in [0.15, 0.2) is 0 Å². The number of hydrogen-bond donors (Lipinski definition) is 2. The highest BCUT2D eigenvalue weighted by atomic mass is 35.5. The highest BCUT2D eigenvalue weighted by Gasteiger charge is 2.06. The van der Waals surface area contributed by atoms with Gasteiger partial charge in [-0.25, -0.2) is 9.97 Å². The lowest BCUT2D eigenvalue weighted by Crippen LogP contribution is -1.88. The molecule has 0 fully saturated rings. The molecule has 0 atom stereocenters. The first-order chi connectivity index (χ1) is 11.2. The Morgan fingerprint density at radius 3 is 1.65 bits per heavy atom. The van der Waals surface area contributed by atoms with E-state index in [1.54, 1.807) is 0 Å². The second kappa shape index (κ2) is 5.87. The van der Waals surface area contributed by atoms with E-state index in [1.165, 1.54) is 11.1 Å². The molecule has 0 aliphatic carbocycles. The van der Waals surface area contributed by atoms with Crippen LogP contribution in [0.3, 0.4) is 0 Å². The van der Waals surface area contributed by atoms with E-state index in [4.69, 9.17) is 23.2 Å². The topological polar surface area (TPSA) is 57.4 Å². The summed E-state index contributed by atoms with van der Waals surface area (Å²) in [6.45, 7) is 0. The molecule has 2 heterocycles. The molecule has 6 heteroatoms. The van der Waals surface area contributed by atoms with Crippen LogP contribution in [-0.4, -0.2) is 19.9 Å². The third kappa shape index (κ3) is 2.80. The number of alkyl halides is 2. The summed E-state index contributed by atoms with van der Waals surface area (Å²) in [7, 11) is 0. The molecule has 4 nitrogen and oxygen atoms in total. The fraction of sp³-hybridized carbons (Fsp3) is 0.176. The van der Waals surface area contributed by atoms with Gasteiger partial charge in [0.25, 0.3) is 0 Å². The normalized spacial score (nSPS) is 11.6. The van der Waals surface area contributed by atoms with E-state index >= 15 is 0 Å². The minimum Gasteiger partial charge on any atom is -0.341 e. The largest absolute Gasteiger partial charge is 0.341 e. The van der Waals surface area contributed by atoms with E-state index in [0.29, 0.717) is 11.8 Å². The number of benzene rings is 2. The van der Waals surface area contributed by atoms with Crippen molar-refractivity contribution in [3.05, 3.63) is 59.2 Å². The number of aromatic amines is 2. The Morgan fingerprint density at radius 1 is 0.739 bits per heavy atom. The molecule has 2 aromatic carbocycles. The summed E-state index contributed by atoms with van der Waals surface area (Å²) >= 11 is 11.6. The molecule has 2 aromatic heterocycles. The summed E-state index contributed by atoms with van der Waals surface area (Å²) in [5.74, 6) is 2.38. The molecule has 2 N–H and O–H groups in total. The van der Waals surface area contributed by atoms with Crippen LogP contribution in [0.25, 0.3) is 22.1 Å². The molecule has 0 aliphatic heterocycles. The van der Waals surface area contributed by atoms with E-state index in [9.17, 15) is 0 Å². The number of halogens is 2. The Bertz CT molecular complexity index is 907. The van der Waals surface area contributed by atoms with E-state index in [-0.39, 0.29) is 0 Å². The van der Waals surface area contributed by atoms with Gasteiger partial charge in [0.2, 0.25) is 0 Å². The zero-order chi connectivity index (χ0) is 15.8. The predicted molar refractivity (Wildman–Crippen MR) is 94.1 cm³/mol. The Hall–Kier alpha value is -2.04. The summed E-state index contributed by atoms with van der Waals surface area (Å²) < 4.78 is 0. The molecule has 23 heavy (non-hydrogen) atoms. The molecular formula is C17H14Cl2N4. The van der Waals surface area contributed by atoms with Crippen molar-refractivity contribution in [1.29, 1.82) is 0 Å². The van der Waals surface area contributed by atoms with E-state index in [2.05, 4.69) is 44.2 Å². The van der Waals surface area contributed by atoms with Crippen molar-refractivity contribution in [1.82, 2.24) is 19.9 Å². The lowest BCUT2D eigenvalue weighted by molar-refractivity contribution is 1.13. The van der Waals surface area contributed by atoms with Crippen LogP contribution in [0.1, 0.15) is 22.8 Å². The second-order valence-electron chi connectivity index (χ2n) is 5.51. The van der Waals surface area contributed by atoms with Crippen LogP contribution in [0.2, 0.25) is 0 Å². The van der Waals surface area contributed by atoms with Gasteiger partial charge in [0.1, 0.15) is 11.6 Å². The SMILES string of the molecule is ClCc1nc2ccc(Cc3ccc4nc(CCl)[nH]c4c3)cc2[nH]1. The highest BCUT2D eigenvalue weighted by Crippen LogP contribution is 2.20. The maximum Gasteiger partial charge on any atom is 0.122 e. The standard InChI is InChI=1S/C17H14Cl2N4/c18-8-16-20-12-3-1-10(6-14(12)22-16)5-11-2-4-13-15(7-11)23-17(9-19)21-13/h1-4,6-7H,5,8-9H2,(H,20,22)(H,21,23). The minimum atomic E-state index is 0.392. The lowest BCUT2D eigenvalue weighted by atomic mass is 10.0. The lowest BCUT2D eigenvalue weighted by Gasteiger charge is -2.02. The van der Waals surface area contributed by atoms with Crippen molar-refractivity contribution in [2.24, 2.45) is 0 Å². The predicted octanol–water partition coefficient (Wildman–Crippen LogP) is 4.51. The third-order valence-electron chi connectivity index (χ3n) is 3.85. The van der Waals surface area contributed by atoms with Crippen LogP contribution in [0.4, 0.5) is 0 Å². The molecular weight excluding hydrogens is 331 g/mol. The van der Waals surface area contributed by atoms with Crippen LogP contribution in [-0.2, 0) is 18.2 Å². The fourth-order valence-corrected chi connectivity index (χ4v) is 3.05. The molecule has 0 spiro atoms. The van der Waals surface area contributed by atoms with Crippen LogP contribution < -0.4 is 0 Å². The first-order valence-corrected chi connectivity index (χ1v) is 8.39. The van der Waals surface area contributed by atoms with Crippen LogP contribution >= 0.6 is 23.2 Å². The monoisotopic (exact) mass is 344 g/mol. The number of fused-ring (bicyclic) bond motifs is 2. The molecule has 0 unspecified atom stereocenters. The molecule has 0 saturated heterocycles. The molecule has 0 saturated carbocycles. The smallest absolute Gasteiger partial charge is 0.122 e. The molecule has 0 aliphatic rings. The van der Waals surface area contributed by atoms with Crippen molar-refractivity contribution in [3.63, 3.8) is 0 Å². The summed E-state index contributed by atoms with van der Waals surface area (Å²) in [6, 6.07) is 12.5. The molecule has 0 radical (unpaired) electrons. The zero-order valence-electron chi connectivity index (χ0n) is 12.2. The Kier molecular flexibility index (Phi) is 3.71. The Morgan fingerprint density at radius 2 is 1.22 bits per heavy atom. The summed E-state index contributed by atoms with van der Waals surface area (Å²) in [6.07, 6.45) is 0.844. The van der Waals surface area contributed by atoms with E-state index < -0.39 is 0 Å². The number of imidazole rings is 2. The van der Waals surface area contributed by atoms with Crippen LogP contribution in [0.15, 0.2) is 36.4 Å². The van der Waals surface area contributed by atoms with Crippen molar-refractivity contribution < 1.29 is 0 Å². The van der Waals surface area contributed by atoms with Crippen molar-refractivity contribution in [2.45, 2.75) is 18.2 Å². The third-order valence-corrected chi connectivity index (χ3v) is 4.36. The zero-order valence-corrected chi connectivity index (χ0v) is 13.7. The van der Waals surface area contributed by atoms with Crippen molar-refractivity contribution >= 4 is 45.3 Å². The highest BCUT2D eigenvalue weighted by molar-refractivity contribution is 6.17. The molecule has 116 valence electrons. The van der Waals surface area contributed by atoms with Gasteiger partial charge in [0, 0.05) is 0 Å². The van der Waals surface area contributed by atoms with Crippen LogP contribution in [0, 0.1) is 0 Å². The minimum absolute atomic E-state index is 0.392. The molecule has 4 aromatic rings. The number of aromatic nitrogens is 4. The van der Waals surface area contributed by atoms with E-state index in [1.807, 2.05) is 12.1 Å². The van der Waals surface area contributed by atoms with Crippen molar-refractivity contribution in [2.75, 3.05) is 0 Å². The quantitative estimate of drug-likeness (QED) is 0.535. The second-order valence-corrected chi connectivity index (χ2v) is 6.05. The first kappa shape index (κ1) is 14.5. The van der Waals surface area contributed by atoms with Gasteiger partial charge in [-0.15, -0.1) is 23.2 Å². The Balaban J connectivity index is 1.66. The number of nitrogens with one attached hydrogen (secondary N) is 2. The average molecular weight is 345 g/mol. The number of rotatable bonds is 4. The van der Waals surface area contributed by atoms with Gasteiger partial charge in [-0.05, 0) is 41.8 Å². The fourth-order valence-electron chi connectivity index (χ4n) is 2.80. The number of H-pyrrole nitrogens is 2. The van der Waals surface area contributed by atoms with Gasteiger partial charge in [-0.3, -0.25) is 0 Å². The van der Waals surface area contributed by atoms with Crippen molar-refractivity contribution in [3.8, 4) is 0 Å². The summed E-state index contributed by atoms with van der Waals surface area (Å²) in [5.41, 5.74) is 6.37. The molecule has 0 bridgehead atoms. The average Bonchev–Trinajstić information content (AvgIpc) is 3.16. The number of nitrogens with zero attached hydrogens (tertiary/aromatic N) is 2. The number of hydrogen-bond acceptors (Lipinski definition) is 2. The molecule has 0 amide bonds. The summed E-state index contributed by atoms with van der Waals surface area (Å²) in [5, 5.41) is 0. The maximum absolute atomic E-state index is 5.82. The van der Waals surface area contributed by atoms with Gasteiger partial charge < -0.3 is 9.97 Å². The summed E-state index contributed by atoms with van der Waals surface area (Å²) in [4.78, 5) is 15.3. The van der Waals surface area contributed by atoms with E-state index in [0.717, 1.165) is 40.1 Å². The van der Waals surface area contributed by atoms with Gasteiger partial charge in [-0.2, -0.15) is 0 Å². The van der Waals surface area contributed by atoms with Gasteiger partial charge in [-0.1, -0.05) is 12.1 Å². The molecule has 4 rings (SSSR count). The van der Waals surface area contributed by atoms with Gasteiger partial charge in [0.05, 0.1) is 33.8 Å². The van der Waals surface area contributed by atoms with Crippen LogP contribution in [0.5, 0.6) is 0 Å². The van der Waals surface area contributed by atoms with Gasteiger partial charge >= 0.3 is 0 Å². The Labute approximate surface area is 142 Å². The maximum atomic E-state index is 5.82.